The minimum Gasteiger partial charge on any atom is -0.311 e. The van der Waals surface area contributed by atoms with Crippen LogP contribution in [0.15, 0.2) is 42.6 Å². The molecule has 0 saturated heterocycles. The Bertz CT molecular complexity index is 566. The summed E-state index contributed by atoms with van der Waals surface area (Å²) in [6, 6.07) is 11.1. The van der Waals surface area contributed by atoms with Gasteiger partial charge in [0.2, 0.25) is 0 Å². The molecule has 0 radical (unpaired) electrons. The molecule has 0 fully saturated rings. The van der Waals surface area contributed by atoms with Gasteiger partial charge in [-0.1, -0.05) is 23.7 Å². The van der Waals surface area contributed by atoms with Gasteiger partial charge in [-0.3, -0.25) is 4.79 Å². The number of hydrogen-bond donors (Lipinski definition) is 0. The number of halogens is 1. The molecule has 0 unspecified atom stereocenters. The fourth-order valence-electron chi connectivity index (χ4n) is 1.65. The third-order valence-corrected chi connectivity index (χ3v) is 2.89. The summed E-state index contributed by atoms with van der Waals surface area (Å²) < 4.78 is 0. The molecule has 0 N–H and O–H groups in total. The number of amides is 1. The van der Waals surface area contributed by atoms with E-state index in [1.807, 2.05) is 31.2 Å². The van der Waals surface area contributed by atoms with Crippen molar-refractivity contribution >= 4 is 23.2 Å². The molecule has 1 heterocycles. The number of anilines is 1. The average Bonchev–Trinajstić information content (AvgIpc) is 2.38. The van der Waals surface area contributed by atoms with Crippen molar-refractivity contribution in [1.82, 2.24) is 4.98 Å². The minimum atomic E-state index is -0.107. The molecule has 1 aromatic carbocycles. The largest absolute Gasteiger partial charge is 0.311 e. The number of rotatable bonds is 2. The zero-order chi connectivity index (χ0) is 13.1. The molecular weight excluding hydrogens is 248 g/mol. The standard InChI is InChI=1S/C14H13ClN2O/c1-10-4-3-5-12(8-10)17(2)14(18)11-6-7-13(15)16-9-11/h3-9H,1-2H3. The van der Waals surface area contributed by atoms with Gasteiger partial charge in [0, 0.05) is 18.9 Å². The number of pyridine rings is 1. The van der Waals surface area contributed by atoms with Gasteiger partial charge in [0.1, 0.15) is 5.15 Å². The summed E-state index contributed by atoms with van der Waals surface area (Å²) in [5.74, 6) is -0.107. The molecule has 0 spiro atoms. The van der Waals surface area contributed by atoms with Crippen molar-refractivity contribution in [3.05, 3.63) is 58.9 Å². The topological polar surface area (TPSA) is 33.2 Å². The van der Waals surface area contributed by atoms with Crippen molar-refractivity contribution in [1.29, 1.82) is 0 Å². The average molecular weight is 261 g/mol. The van der Waals surface area contributed by atoms with Gasteiger partial charge in [0.05, 0.1) is 5.56 Å². The maximum absolute atomic E-state index is 12.2. The molecule has 0 aliphatic carbocycles. The van der Waals surface area contributed by atoms with Crippen molar-refractivity contribution in [2.24, 2.45) is 0 Å². The fourth-order valence-corrected chi connectivity index (χ4v) is 1.76. The van der Waals surface area contributed by atoms with Crippen LogP contribution in [0.2, 0.25) is 5.15 Å². The highest BCUT2D eigenvalue weighted by Crippen LogP contribution is 2.17. The van der Waals surface area contributed by atoms with Crippen molar-refractivity contribution in [2.75, 3.05) is 11.9 Å². The molecular formula is C14H13ClN2O. The van der Waals surface area contributed by atoms with Crippen LogP contribution in [0.5, 0.6) is 0 Å². The van der Waals surface area contributed by atoms with Gasteiger partial charge in [-0.2, -0.15) is 0 Å². The van der Waals surface area contributed by atoms with Crippen LogP contribution < -0.4 is 4.90 Å². The van der Waals surface area contributed by atoms with Crippen LogP contribution in [-0.4, -0.2) is 17.9 Å². The summed E-state index contributed by atoms with van der Waals surface area (Å²) >= 11 is 5.70. The highest BCUT2D eigenvalue weighted by molar-refractivity contribution is 6.29. The monoisotopic (exact) mass is 260 g/mol. The number of aromatic nitrogens is 1. The maximum Gasteiger partial charge on any atom is 0.259 e. The Morgan fingerprint density at radius 2 is 2.06 bits per heavy atom. The first-order valence-corrected chi connectivity index (χ1v) is 5.92. The first-order chi connectivity index (χ1) is 8.58. The lowest BCUT2D eigenvalue weighted by Gasteiger charge is -2.17. The first kappa shape index (κ1) is 12.6. The Balaban J connectivity index is 2.26. The van der Waals surface area contributed by atoms with E-state index in [0.29, 0.717) is 10.7 Å². The number of carbonyl (C=O) groups is 1. The second-order valence-corrected chi connectivity index (χ2v) is 4.46. The Morgan fingerprint density at radius 1 is 1.28 bits per heavy atom. The van der Waals surface area contributed by atoms with Gasteiger partial charge in [-0.15, -0.1) is 0 Å². The Morgan fingerprint density at radius 3 is 2.67 bits per heavy atom. The van der Waals surface area contributed by atoms with Gasteiger partial charge >= 0.3 is 0 Å². The van der Waals surface area contributed by atoms with Gasteiger partial charge in [-0.25, -0.2) is 4.98 Å². The first-order valence-electron chi connectivity index (χ1n) is 5.54. The van der Waals surface area contributed by atoms with Gasteiger partial charge in [0.15, 0.2) is 0 Å². The van der Waals surface area contributed by atoms with E-state index < -0.39 is 0 Å². The predicted octanol–water partition coefficient (Wildman–Crippen LogP) is 3.32. The SMILES string of the molecule is Cc1cccc(N(C)C(=O)c2ccc(Cl)nc2)c1. The number of aryl methyl sites for hydroxylation is 1. The van der Waals surface area contributed by atoms with Crippen molar-refractivity contribution in [3.63, 3.8) is 0 Å². The number of hydrogen-bond acceptors (Lipinski definition) is 2. The van der Waals surface area contributed by atoms with Crippen LogP contribution in [0, 0.1) is 6.92 Å². The van der Waals surface area contributed by atoms with Crippen LogP contribution in [-0.2, 0) is 0 Å². The third kappa shape index (κ3) is 2.68. The molecule has 3 nitrogen and oxygen atoms in total. The van der Waals surface area contributed by atoms with Crippen LogP contribution in [0.1, 0.15) is 15.9 Å². The van der Waals surface area contributed by atoms with Crippen molar-refractivity contribution in [3.8, 4) is 0 Å². The lowest BCUT2D eigenvalue weighted by molar-refractivity contribution is 0.0992. The zero-order valence-electron chi connectivity index (χ0n) is 10.2. The zero-order valence-corrected chi connectivity index (χ0v) is 11.0. The fraction of sp³-hybridized carbons (Fsp3) is 0.143. The van der Waals surface area contributed by atoms with Crippen molar-refractivity contribution < 1.29 is 4.79 Å². The maximum atomic E-state index is 12.2. The summed E-state index contributed by atoms with van der Waals surface area (Å²) in [6.07, 6.45) is 1.48. The molecule has 4 heteroatoms. The molecule has 2 aromatic rings. The summed E-state index contributed by atoms with van der Waals surface area (Å²) in [4.78, 5) is 17.7. The lowest BCUT2D eigenvalue weighted by Crippen LogP contribution is -2.26. The van der Waals surface area contributed by atoms with Crippen LogP contribution in [0.25, 0.3) is 0 Å². The summed E-state index contributed by atoms with van der Waals surface area (Å²) in [5.41, 5.74) is 2.49. The van der Waals surface area contributed by atoms with Crippen LogP contribution in [0.4, 0.5) is 5.69 Å². The Hall–Kier alpha value is -1.87. The van der Waals surface area contributed by atoms with Crippen LogP contribution in [0.3, 0.4) is 0 Å². The predicted molar refractivity (Wildman–Crippen MR) is 73.2 cm³/mol. The van der Waals surface area contributed by atoms with E-state index in [2.05, 4.69) is 4.98 Å². The summed E-state index contributed by atoms with van der Waals surface area (Å²) in [7, 11) is 1.74. The van der Waals surface area contributed by atoms with E-state index in [4.69, 9.17) is 11.6 Å². The lowest BCUT2D eigenvalue weighted by atomic mass is 10.2. The molecule has 0 aliphatic heterocycles. The van der Waals surface area contributed by atoms with Crippen LogP contribution >= 0.6 is 11.6 Å². The number of benzene rings is 1. The smallest absolute Gasteiger partial charge is 0.259 e. The summed E-state index contributed by atoms with van der Waals surface area (Å²) in [6.45, 7) is 1.99. The van der Waals surface area contributed by atoms with E-state index in [1.165, 1.54) is 6.20 Å². The van der Waals surface area contributed by atoms with E-state index in [1.54, 1.807) is 24.1 Å². The Labute approximate surface area is 111 Å². The molecule has 18 heavy (non-hydrogen) atoms. The molecule has 0 atom stereocenters. The third-order valence-electron chi connectivity index (χ3n) is 2.67. The van der Waals surface area contributed by atoms with E-state index in [9.17, 15) is 4.79 Å². The molecule has 2 rings (SSSR count). The second-order valence-electron chi connectivity index (χ2n) is 4.07. The van der Waals surface area contributed by atoms with Gasteiger partial charge < -0.3 is 4.90 Å². The van der Waals surface area contributed by atoms with E-state index >= 15 is 0 Å². The number of carbonyl (C=O) groups excluding carboxylic acids is 1. The Kier molecular flexibility index (Phi) is 3.63. The highest BCUT2D eigenvalue weighted by atomic mass is 35.5. The number of nitrogens with zero attached hydrogens (tertiary/aromatic N) is 2. The second kappa shape index (κ2) is 5.19. The molecule has 1 amide bonds. The minimum absolute atomic E-state index is 0.107. The molecule has 0 aliphatic rings. The van der Waals surface area contributed by atoms with E-state index in [0.717, 1.165) is 11.3 Å². The molecule has 92 valence electrons. The highest BCUT2D eigenvalue weighted by Gasteiger charge is 2.13. The van der Waals surface area contributed by atoms with E-state index in [-0.39, 0.29) is 5.91 Å². The molecule has 1 aromatic heterocycles. The van der Waals surface area contributed by atoms with Gasteiger partial charge in [0.25, 0.3) is 5.91 Å². The molecule has 0 bridgehead atoms. The molecule has 0 saturated carbocycles. The van der Waals surface area contributed by atoms with Gasteiger partial charge in [-0.05, 0) is 36.8 Å². The van der Waals surface area contributed by atoms with Crippen molar-refractivity contribution in [2.45, 2.75) is 6.92 Å². The quantitative estimate of drug-likeness (QED) is 0.776. The normalized spacial score (nSPS) is 10.2. The summed E-state index contributed by atoms with van der Waals surface area (Å²) in [5, 5.41) is 0.379.